The summed E-state index contributed by atoms with van der Waals surface area (Å²) in [6.45, 7) is 8.14. The number of rotatable bonds is 5. The average molecular weight is 430 g/mol. The number of ether oxygens (including phenoxy) is 2. The number of fused-ring (bicyclic) bond motifs is 2. The second kappa shape index (κ2) is 8.74. The molecule has 0 unspecified atom stereocenters. The van der Waals surface area contributed by atoms with E-state index < -0.39 is 0 Å². The molecule has 0 saturated heterocycles. The lowest BCUT2D eigenvalue weighted by atomic mass is 9.94. The summed E-state index contributed by atoms with van der Waals surface area (Å²) in [5.41, 5.74) is 3.52. The fourth-order valence-corrected chi connectivity index (χ4v) is 4.22. The van der Waals surface area contributed by atoms with Gasteiger partial charge in [0.1, 0.15) is 13.2 Å². The van der Waals surface area contributed by atoms with Crippen LogP contribution in [0.4, 0.5) is 4.79 Å². The van der Waals surface area contributed by atoms with E-state index >= 15 is 0 Å². The van der Waals surface area contributed by atoms with Gasteiger partial charge in [0.15, 0.2) is 11.5 Å². The van der Waals surface area contributed by atoms with Crippen molar-refractivity contribution >= 4 is 17.6 Å². The third-order valence-corrected chi connectivity index (χ3v) is 6.06. The molecule has 0 bridgehead atoms. The van der Waals surface area contributed by atoms with Crippen molar-refractivity contribution in [3.8, 4) is 11.5 Å². The zero-order chi connectivity index (χ0) is 21.1. The van der Waals surface area contributed by atoms with Crippen LogP contribution in [0.25, 0.3) is 0 Å². The Morgan fingerprint density at radius 3 is 2.73 bits per heavy atom. The maximum absolute atomic E-state index is 12.4. The summed E-state index contributed by atoms with van der Waals surface area (Å²) in [5.74, 6) is 1.19. The molecule has 2 aromatic carbocycles. The lowest BCUT2D eigenvalue weighted by Crippen LogP contribution is -2.54. The van der Waals surface area contributed by atoms with Gasteiger partial charge in [-0.2, -0.15) is 0 Å². The summed E-state index contributed by atoms with van der Waals surface area (Å²) in [6, 6.07) is 12.0. The molecular formula is C23H28ClN3O3. The van der Waals surface area contributed by atoms with Crippen LogP contribution >= 0.6 is 11.6 Å². The van der Waals surface area contributed by atoms with E-state index in [4.69, 9.17) is 21.1 Å². The second-order valence-corrected chi connectivity index (χ2v) is 8.80. The van der Waals surface area contributed by atoms with Gasteiger partial charge in [-0.15, -0.1) is 0 Å². The zero-order valence-corrected chi connectivity index (χ0v) is 18.2. The first kappa shape index (κ1) is 20.8. The summed E-state index contributed by atoms with van der Waals surface area (Å²) < 4.78 is 11.1. The Morgan fingerprint density at radius 1 is 1.13 bits per heavy atom. The highest BCUT2D eigenvalue weighted by atomic mass is 35.5. The van der Waals surface area contributed by atoms with Crippen LogP contribution in [0.15, 0.2) is 36.4 Å². The molecule has 2 heterocycles. The Labute approximate surface area is 182 Å². The number of nitrogens with zero attached hydrogens (tertiary/aromatic N) is 1. The topological polar surface area (TPSA) is 62.8 Å². The number of benzene rings is 2. The van der Waals surface area contributed by atoms with Crippen LogP contribution in [0.1, 0.15) is 30.5 Å². The first-order chi connectivity index (χ1) is 14.4. The van der Waals surface area contributed by atoms with E-state index in [0.717, 1.165) is 25.1 Å². The maximum atomic E-state index is 12.4. The van der Waals surface area contributed by atoms with E-state index in [1.165, 1.54) is 11.1 Å². The van der Waals surface area contributed by atoms with Crippen molar-refractivity contribution in [2.45, 2.75) is 38.9 Å². The molecule has 0 saturated carbocycles. The van der Waals surface area contributed by atoms with E-state index in [-0.39, 0.29) is 11.6 Å². The second-order valence-electron chi connectivity index (χ2n) is 8.39. The van der Waals surface area contributed by atoms with Crippen LogP contribution < -0.4 is 20.1 Å². The van der Waals surface area contributed by atoms with Crippen molar-refractivity contribution in [3.05, 3.63) is 58.1 Å². The Bertz CT molecular complexity index is 932. The third kappa shape index (κ3) is 4.65. The molecule has 6 nitrogen and oxygen atoms in total. The van der Waals surface area contributed by atoms with Gasteiger partial charge in [0.2, 0.25) is 0 Å². The molecule has 0 aliphatic carbocycles. The SMILES string of the molecule is CC(C)(CNC(=O)NCc1cc(Cl)c2c(c1)OCCO2)N1CCc2ccccc2C1. The molecule has 0 aromatic heterocycles. The minimum Gasteiger partial charge on any atom is -0.486 e. The van der Waals surface area contributed by atoms with Crippen molar-refractivity contribution in [2.75, 3.05) is 26.3 Å². The Morgan fingerprint density at radius 2 is 1.90 bits per heavy atom. The van der Waals surface area contributed by atoms with Crippen LogP contribution in [0.2, 0.25) is 5.02 Å². The largest absolute Gasteiger partial charge is 0.486 e. The third-order valence-electron chi connectivity index (χ3n) is 5.78. The zero-order valence-electron chi connectivity index (χ0n) is 17.5. The Balaban J connectivity index is 1.29. The molecule has 30 heavy (non-hydrogen) atoms. The summed E-state index contributed by atoms with van der Waals surface area (Å²) in [4.78, 5) is 14.8. The van der Waals surface area contributed by atoms with Gasteiger partial charge in [0, 0.05) is 31.7 Å². The highest BCUT2D eigenvalue weighted by Crippen LogP contribution is 2.38. The molecule has 2 N–H and O–H groups in total. The predicted molar refractivity (Wildman–Crippen MR) is 117 cm³/mol. The number of halogens is 1. The number of carbonyl (C=O) groups is 1. The van der Waals surface area contributed by atoms with Gasteiger partial charge in [0.05, 0.1) is 5.02 Å². The van der Waals surface area contributed by atoms with Crippen molar-refractivity contribution in [3.63, 3.8) is 0 Å². The first-order valence-electron chi connectivity index (χ1n) is 10.3. The highest BCUT2D eigenvalue weighted by Gasteiger charge is 2.30. The van der Waals surface area contributed by atoms with Gasteiger partial charge >= 0.3 is 6.03 Å². The monoisotopic (exact) mass is 429 g/mol. The minimum atomic E-state index is -0.202. The van der Waals surface area contributed by atoms with Crippen LogP contribution in [-0.2, 0) is 19.5 Å². The Kier molecular flexibility index (Phi) is 6.06. The molecule has 0 spiro atoms. The predicted octanol–water partition coefficient (Wildman–Crippen LogP) is 3.75. The molecule has 2 amide bonds. The van der Waals surface area contributed by atoms with Crippen molar-refractivity contribution < 1.29 is 14.3 Å². The fourth-order valence-electron chi connectivity index (χ4n) is 3.93. The number of carbonyl (C=O) groups excluding carboxylic acids is 1. The summed E-state index contributed by atoms with van der Waals surface area (Å²) in [7, 11) is 0. The summed E-state index contributed by atoms with van der Waals surface area (Å²) in [6.07, 6.45) is 1.04. The van der Waals surface area contributed by atoms with Gasteiger partial charge < -0.3 is 20.1 Å². The van der Waals surface area contributed by atoms with Crippen molar-refractivity contribution in [1.82, 2.24) is 15.5 Å². The van der Waals surface area contributed by atoms with E-state index in [2.05, 4.69) is 53.6 Å². The molecule has 0 atom stereocenters. The molecule has 2 aliphatic heterocycles. The molecule has 2 aliphatic rings. The molecule has 160 valence electrons. The van der Waals surface area contributed by atoms with Crippen molar-refractivity contribution in [2.24, 2.45) is 0 Å². The van der Waals surface area contributed by atoms with E-state index in [1.54, 1.807) is 6.07 Å². The van der Waals surface area contributed by atoms with Gasteiger partial charge in [-0.3, -0.25) is 4.90 Å². The van der Waals surface area contributed by atoms with Gasteiger partial charge in [-0.1, -0.05) is 35.9 Å². The normalized spacial score (nSPS) is 16.0. The first-order valence-corrected chi connectivity index (χ1v) is 10.7. The average Bonchev–Trinajstić information content (AvgIpc) is 2.76. The molecule has 0 fully saturated rings. The van der Waals surface area contributed by atoms with Gasteiger partial charge in [-0.05, 0) is 49.1 Å². The highest BCUT2D eigenvalue weighted by molar-refractivity contribution is 6.32. The summed E-state index contributed by atoms with van der Waals surface area (Å²) >= 11 is 6.27. The van der Waals surface area contributed by atoms with E-state index in [1.807, 2.05) is 6.07 Å². The molecule has 0 radical (unpaired) electrons. The number of nitrogens with one attached hydrogen (secondary N) is 2. The standard InChI is InChI=1S/C23H28ClN3O3/c1-23(2,27-8-7-17-5-3-4-6-18(17)14-27)15-26-22(28)25-13-16-11-19(24)21-20(12-16)29-9-10-30-21/h3-6,11-12H,7-10,13-15H2,1-2H3,(H2,25,26,28). The quantitative estimate of drug-likeness (QED) is 0.759. The van der Waals surface area contributed by atoms with Crippen molar-refractivity contribution in [1.29, 1.82) is 0 Å². The van der Waals surface area contributed by atoms with Gasteiger partial charge in [-0.25, -0.2) is 4.79 Å². The van der Waals surface area contributed by atoms with E-state index in [0.29, 0.717) is 42.8 Å². The number of hydrogen-bond acceptors (Lipinski definition) is 4. The van der Waals surface area contributed by atoms with Crippen LogP contribution in [0.5, 0.6) is 11.5 Å². The molecule has 7 heteroatoms. The smallest absolute Gasteiger partial charge is 0.315 e. The molecule has 4 rings (SSSR count). The maximum Gasteiger partial charge on any atom is 0.315 e. The van der Waals surface area contributed by atoms with Crippen LogP contribution in [-0.4, -0.2) is 42.8 Å². The minimum absolute atomic E-state index is 0.148. The number of urea groups is 1. The number of amides is 2. The lowest BCUT2D eigenvalue weighted by Gasteiger charge is -2.41. The number of hydrogen-bond donors (Lipinski definition) is 2. The Hall–Kier alpha value is -2.44. The van der Waals surface area contributed by atoms with Crippen LogP contribution in [0.3, 0.4) is 0 Å². The molecular weight excluding hydrogens is 402 g/mol. The lowest BCUT2D eigenvalue weighted by molar-refractivity contribution is 0.104. The fraction of sp³-hybridized carbons (Fsp3) is 0.435. The van der Waals surface area contributed by atoms with Crippen LogP contribution in [0, 0.1) is 0 Å². The molecule has 2 aromatic rings. The van der Waals surface area contributed by atoms with Gasteiger partial charge in [0.25, 0.3) is 0 Å². The summed E-state index contributed by atoms with van der Waals surface area (Å²) in [5, 5.41) is 6.41. The van der Waals surface area contributed by atoms with E-state index in [9.17, 15) is 4.79 Å².